The first-order valence-electron chi connectivity index (χ1n) is 16.2. The summed E-state index contributed by atoms with van der Waals surface area (Å²) in [5.41, 5.74) is 2.36. The topological polar surface area (TPSA) is 93.6 Å². The molecule has 0 aromatic heterocycles. The molecule has 1 aromatic rings. The van der Waals surface area contributed by atoms with Gasteiger partial charge < -0.3 is 39.0 Å². The third kappa shape index (κ3) is 11.0. The maximum absolute atomic E-state index is 14.7. The van der Waals surface area contributed by atoms with Crippen LogP contribution in [-0.2, 0) is 14.3 Å². The van der Waals surface area contributed by atoms with Gasteiger partial charge in [0.15, 0.2) is 0 Å². The minimum absolute atomic E-state index is 0.0689. The van der Waals surface area contributed by atoms with Gasteiger partial charge in [-0.3, -0.25) is 0 Å². The largest absolute Gasteiger partial charge is 0.442 e. The molecular formula is C35H53FN4O5. The van der Waals surface area contributed by atoms with Crippen LogP contribution in [-0.4, -0.2) is 117 Å². The van der Waals surface area contributed by atoms with Crippen molar-refractivity contribution in [1.29, 1.82) is 0 Å². The van der Waals surface area contributed by atoms with Gasteiger partial charge in [0, 0.05) is 63.3 Å². The lowest BCUT2D eigenvalue weighted by Gasteiger charge is -2.33. The Kier molecular flexibility index (Phi) is 14.2. The number of ether oxygens (including phenoxy) is 1. The summed E-state index contributed by atoms with van der Waals surface area (Å²) in [5, 5.41) is 10.1. The van der Waals surface area contributed by atoms with Crippen LogP contribution in [0.1, 0.15) is 52.0 Å². The zero-order chi connectivity index (χ0) is 33.1. The second kappa shape index (κ2) is 17.6. The molecular weight excluding hydrogens is 575 g/mol. The molecule has 0 saturated carbocycles. The number of hydrogen-bond donors (Lipinski definition) is 1. The van der Waals surface area contributed by atoms with Crippen molar-refractivity contribution < 1.29 is 28.6 Å². The normalized spacial score (nSPS) is 21.5. The summed E-state index contributed by atoms with van der Waals surface area (Å²) in [6.07, 6.45) is 7.59. The van der Waals surface area contributed by atoms with Crippen molar-refractivity contribution in [3.8, 4) is 0 Å². The molecule has 2 aliphatic heterocycles. The van der Waals surface area contributed by atoms with Gasteiger partial charge >= 0.3 is 6.09 Å². The highest BCUT2D eigenvalue weighted by Gasteiger charge is 2.27. The first kappa shape index (κ1) is 36.4. The van der Waals surface area contributed by atoms with Crippen LogP contribution in [0.15, 0.2) is 35.9 Å². The van der Waals surface area contributed by atoms with E-state index in [1.54, 1.807) is 11.0 Å². The van der Waals surface area contributed by atoms with Crippen LogP contribution in [0.3, 0.4) is 0 Å². The molecule has 3 rings (SSSR count). The zero-order valence-corrected chi connectivity index (χ0v) is 27.9. The maximum Gasteiger partial charge on any atom is 0.410 e. The van der Waals surface area contributed by atoms with Crippen molar-refractivity contribution in [2.24, 2.45) is 17.8 Å². The number of aliphatic hydroxyl groups is 1. The van der Waals surface area contributed by atoms with E-state index in [1.165, 1.54) is 6.07 Å². The Morgan fingerprint density at radius 2 is 1.80 bits per heavy atom. The molecule has 0 aliphatic carbocycles. The number of amides is 1. The number of likely N-dealkylation sites (N-methyl/N-ethyl adjacent to an activating group) is 2. The molecule has 2 aliphatic rings. The molecule has 0 radical (unpaired) electrons. The summed E-state index contributed by atoms with van der Waals surface area (Å²) < 4.78 is 20.7. The molecule has 45 heavy (non-hydrogen) atoms. The zero-order valence-electron chi connectivity index (χ0n) is 27.9. The van der Waals surface area contributed by atoms with Gasteiger partial charge in [0.25, 0.3) is 0 Å². The molecule has 6 atom stereocenters. The first-order valence-corrected chi connectivity index (χ1v) is 16.2. The number of anilines is 1. The Bertz CT molecular complexity index is 1180. The molecule has 1 amide bonds. The van der Waals surface area contributed by atoms with Crippen molar-refractivity contribution in [3.63, 3.8) is 0 Å². The van der Waals surface area contributed by atoms with Gasteiger partial charge in [0.05, 0.1) is 6.10 Å². The lowest BCUT2D eigenvalue weighted by Crippen LogP contribution is -2.48. The van der Waals surface area contributed by atoms with E-state index in [-0.39, 0.29) is 30.2 Å². The number of carbonyl (C=O) groups is 3. The number of aliphatic hydroxyl groups excluding tert-OH is 1. The van der Waals surface area contributed by atoms with Crippen LogP contribution in [0.2, 0.25) is 0 Å². The Morgan fingerprint density at radius 3 is 2.42 bits per heavy atom. The molecule has 250 valence electrons. The average molecular weight is 629 g/mol. The fourth-order valence-electron chi connectivity index (χ4n) is 6.04. The van der Waals surface area contributed by atoms with Crippen molar-refractivity contribution in [2.45, 2.75) is 64.7 Å². The minimum Gasteiger partial charge on any atom is -0.442 e. The standard InChI is InChI=1S/C35H53FN4O5/c1-25(8-10-34(26(2)7-9-32(43)12-18-41)45-35(44)39-16-14-38(6)15-17-39)33(24-42)27(3)19-28-20-29(36)22-31(21-28)40-13-11-30(23-40)37(4)5/h8,10,18-22,24-26,30,32-34,43H,7,9,11-17,23H2,1-6H3/b10-8+,27-19+/t25-,26-,30-,32+,33-,34-/m0/s1. The number of hydrogen-bond acceptors (Lipinski definition) is 8. The van der Waals surface area contributed by atoms with E-state index < -0.39 is 18.1 Å². The Morgan fingerprint density at radius 1 is 1.09 bits per heavy atom. The molecule has 0 unspecified atom stereocenters. The Balaban J connectivity index is 1.74. The van der Waals surface area contributed by atoms with E-state index in [4.69, 9.17) is 4.74 Å². The molecule has 2 heterocycles. The van der Waals surface area contributed by atoms with Gasteiger partial charge in [0.1, 0.15) is 24.5 Å². The average Bonchev–Trinajstić information content (AvgIpc) is 3.50. The maximum atomic E-state index is 14.7. The minimum atomic E-state index is -0.739. The number of nitrogens with zero attached hydrogens (tertiary/aromatic N) is 4. The summed E-state index contributed by atoms with van der Waals surface area (Å²) in [6, 6.07) is 5.45. The fraction of sp³-hybridized carbons (Fsp3) is 0.629. The predicted octanol–water partition coefficient (Wildman–Crippen LogP) is 4.50. The van der Waals surface area contributed by atoms with Crippen LogP contribution >= 0.6 is 0 Å². The van der Waals surface area contributed by atoms with Crippen molar-refractivity contribution in [2.75, 3.05) is 65.3 Å². The molecule has 1 aromatic carbocycles. The summed E-state index contributed by atoms with van der Waals surface area (Å²) >= 11 is 0. The van der Waals surface area contributed by atoms with E-state index in [0.29, 0.717) is 43.8 Å². The highest BCUT2D eigenvalue weighted by atomic mass is 19.1. The summed E-state index contributed by atoms with van der Waals surface area (Å²) in [6.45, 7) is 10.2. The Labute approximate surface area is 268 Å². The first-order chi connectivity index (χ1) is 21.4. The number of halogens is 1. The number of allylic oxidation sites excluding steroid dienone is 2. The van der Waals surface area contributed by atoms with Gasteiger partial charge in [-0.2, -0.15) is 0 Å². The lowest BCUT2D eigenvalue weighted by atomic mass is 9.86. The van der Waals surface area contributed by atoms with E-state index in [2.05, 4.69) is 28.8 Å². The summed E-state index contributed by atoms with van der Waals surface area (Å²) in [5.74, 6) is -1.12. The SMILES string of the molecule is C/C(=C\c1cc(F)cc(N2CC[C@H](N(C)C)C2)c1)[C@@H](C=O)[C@@H](C)/C=C/[C@H](OC(=O)N1CCN(C)CC1)[C@@H](C)CC[C@@H](O)CC=O. The smallest absolute Gasteiger partial charge is 0.410 e. The van der Waals surface area contributed by atoms with Gasteiger partial charge in [-0.05, 0) is 89.0 Å². The second-order valence-corrected chi connectivity index (χ2v) is 13.1. The Hall–Kier alpha value is -3.08. The molecule has 1 N–H and O–H groups in total. The van der Waals surface area contributed by atoms with Crippen molar-refractivity contribution in [3.05, 3.63) is 47.3 Å². The molecule has 2 saturated heterocycles. The molecule has 2 fully saturated rings. The third-order valence-corrected chi connectivity index (χ3v) is 9.28. The fourth-order valence-corrected chi connectivity index (χ4v) is 6.04. The quantitative estimate of drug-likeness (QED) is 0.224. The summed E-state index contributed by atoms with van der Waals surface area (Å²) in [4.78, 5) is 44.5. The van der Waals surface area contributed by atoms with Crippen LogP contribution in [0.25, 0.3) is 6.08 Å². The van der Waals surface area contributed by atoms with Crippen LogP contribution in [0.4, 0.5) is 14.9 Å². The number of carbonyl (C=O) groups excluding carboxylic acids is 3. The van der Waals surface area contributed by atoms with E-state index in [9.17, 15) is 23.9 Å². The highest BCUT2D eigenvalue weighted by Crippen LogP contribution is 2.28. The lowest BCUT2D eigenvalue weighted by molar-refractivity contribution is -0.111. The highest BCUT2D eigenvalue weighted by molar-refractivity contribution is 5.69. The van der Waals surface area contributed by atoms with E-state index in [0.717, 1.165) is 50.1 Å². The van der Waals surface area contributed by atoms with Gasteiger partial charge in [-0.25, -0.2) is 9.18 Å². The second-order valence-electron chi connectivity index (χ2n) is 13.1. The summed E-state index contributed by atoms with van der Waals surface area (Å²) in [7, 11) is 6.14. The number of rotatable bonds is 15. The predicted molar refractivity (Wildman–Crippen MR) is 177 cm³/mol. The van der Waals surface area contributed by atoms with E-state index >= 15 is 0 Å². The number of benzene rings is 1. The van der Waals surface area contributed by atoms with Gasteiger partial charge in [-0.15, -0.1) is 0 Å². The molecule has 10 heteroatoms. The van der Waals surface area contributed by atoms with Crippen LogP contribution in [0, 0.1) is 23.6 Å². The van der Waals surface area contributed by atoms with Crippen LogP contribution < -0.4 is 4.90 Å². The van der Waals surface area contributed by atoms with Gasteiger partial charge in [-0.1, -0.05) is 31.6 Å². The van der Waals surface area contributed by atoms with Gasteiger partial charge in [0.2, 0.25) is 0 Å². The molecule has 0 spiro atoms. The van der Waals surface area contributed by atoms with Crippen molar-refractivity contribution in [1.82, 2.24) is 14.7 Å². The monoisotopic (exact) mass is 628 g/mol. The van der Waals surface area contributed by atoms with Crippen molar-refractivity contribution >= 4 is 30.4 Å². The van der Waals surface area contributed by atoms with E-state index in [1.807, 2.05) is 52.1 Å². The molecule has 0 bridgehead atoms. The number of aldehydes is 2. The molecule has 9 nitrogen and oxygen atoms in total. The van der Waals surface area contributed by atoms with Crippen LogP contribution in [0.5, 0.6) is 0 Å². The number of piperazine rings is 1. The third-order valence-electron chi connectivity index (χ3n) is 9.28.